The van der Waals surface area contributed by atoms with Crippen LogP contribution in [0.1, 0.15) is 15.9 Å². The van der Waals surface area contributed by atoms with Gasteiger partial charge >= 0.3 is 5.97 Å². The number of rotatable bonds is 4. The Morgan fingerprint density at radius 3 is 2.10 bits per heavy atom. The summed E-state index contributed by atoms with van der Waals surface area (Å²) >= 11 is 0. The number of guanidine groups is 1. The highest BCUT2D eigenvalue weighted by Crippen LogP contribution is 2.30. The summed E-state index contributed by atoms with van der Waals surface area (Å²) in [7, 11) is -3.67. The first-order valence-corrected chi connectivity index (χ1v) is 10.5. The van der Waals surface area contributed by atoms with Gasteiger partial charge in [-0.25, -0.2) is 4.79 Å². The molecule has 0 spiro atoms. The molecule has 3 aromatic rings. The van der Waals surface area contributed by atoms with E-state index in [0.29, 0.717) is 23.1 Å². The largest absolute Gasteiger partial charge is 0.478 e. The minimum atomic E-state index is -3.67. The number of carboxylic acids is 1. The molecule has 0 atom stereocenters. The van der Waals surface area contributed by atoms with Crippen LogP contribution < -0.4 is 16.8 Å². The van der Waals surface area contributed by atoms with E-state index in [2.05, 4.69) is 5.32 Å². The summed E-state index contributed by atoms with van der Waals surface area (Å²) in [5.41, 5.74) is 13.4. The highest BCUT2D eigenvalue weighted by Gasteiger charge is 2.13. The molecular formula is C20H21N5O5S. The summed E-state index contributed by atoms with van der Waals surface area (Å²) in [6.07, 6.45) is 0.715. The van der Waals surface area contributed by atoms with Crippen LogP contribution in [-0.4, -0.2) is 42.1 Å². The molecule has 0 saturated carbocycles. The lowest BCUT2D eigenvalue weighted by Crippen LogP contribution is -2.20. The van der Waals surface area contributed by atoms with Gasteiger partial charge in [0.15, 0.2) is 5.96 Å². The van der Waals surface area contributed by atoms with Gasteiger partial charge in [0.2, 0.25) is 0 Å². The van der Waals surface area contributed by atoms with Crippen LogP contribution >= 0.6 is 0 Å². The molecule has 0 radical (unpaired) electrons. The molecule has 0 fully saturated rings. The van der Waals surface area contributed by atoms with Crippen molar-refractivity contribution < 1.29 is 22.9 Å². The van der Waals surface area contributed by atoms with Crippen molar-refractivity contribution in [2.24, 2.45) is 11.5 Å². The molecule has 0 aliphatic heterocycles. The SMILES string of the molecule is CS(=O)(=O)O.N=C(N)Nc1ccc(C(=O)O)c(-c2ccc3cc(C(=N)N)ccc3c2)c1. The van der Waals surface area contributed by atoms with E-state index >= 15 is 0 Å². The summed E-state index contributed by atoms with van der Waals surface area (Å²) in [6, 6.07) is 15.6. The van der Waals surface area contributed by atoms with Crippen molar-refractivity contribution in [1.29, 1.82) is 10.8 Å². The number of carboxylic acid groups (broad SMARTS) is 1. The van der Waals surface area contributed by atoms with E-state index < -0.39 is 16.1 Å². The fraction of sp³-hybridized carbons (Fsp3) is 0.0500. The molecule has 3 aromatic carbocycles. The molecule has 0 aliphatic rings. The first-order valence-electron chi connectivity index (χ1n) is 8.64. The Bertz CT molecular complexity index is 1280. The van der Waals surface area contributed by atoms with Gasteiger partial charge in [-0.3, -0.25) is 15.4 Å². The lowest BCUT2D eigenvalue weighted by Gasteiger charge is -2.12. The van der Waals surface area contributed by atoms with E-state index in [0.717, 1.165) is 16.3 Å². The van der Waals surface area contributed by atoms with E-state index in [1.807, 2.05) is 30.3 Å². The number of amidine groups is 1. The third-order valence-electron chi connectivity index (χ3n) is 3.99. The molecule has 3 rings (SSSR count). The molecule has 0 amide bonds. The fourth-order valence-corrected chi connectivity index (χ4v) is 2.78. The molecule has 31 heavy (non-hydrogen) atoms. The summed E-state index contributed by atoms with van der Waals surface area (Å²) in [5, 5.41) is 28.8. The highest BCUT2D eigenvalue weighted by molar-refractivity contribution is 7.85. The maximum Gasteiger partial charge on any atom is 0.336 e. The number of carbonyl (C=O) groups is 1. The van der Waals surface area contributed by atoms with Crippen molar-refractivity contribution in [3.8, 4) is 11.1 Å². The van der Waals surface area contributed by atoms with Crippen LogP contribution in [0.25, 0.3) is 21.9 Å². The summed E-state index contributed by atoms with van der Waals surface area (Å²) in [5.74, 6) is -1.28. The van der Waals surface area contributed by atoms with Gasteiger partial charge in [0.25, 0.3) is 10.1 Å². The van der Waals surface area contributed by atoms with Crippen LogP contribution in [0.2, 0.25) is 0 Å². The zero-order chi connectivity index (χ0) is 23.3. The van der Waals surface area contributed by atoms with Gasteiger partial charge in [-0.15, -0.1) is 0 Å². The molecule has 11 heteroatoms. The number of benzene rings is 3. The summed E-state index contributed by atoms with van der Waals surface area (Å²) < 4.78 is 25.9. The lowest BCUT2D eigenvalue weighted by molar-refractivity contribution is 0.0697. The predicted octanol–water partition coefficient (Wildman–Crippen LogP) is 2.30. The van der Waals surface area contributed by atoms with Crippen LogP contribution in [0.15, 0.2) is 54.6 Å². The third-order valence-corrected chi connectivity index (χ3v) is 3.99. The van der Waals surface area contributed by atoms with Crippen molar-refractivity contribution in [1.82, 2.24) is 0 Å². The van der Waals surface area contributed by atoms with Gasteiger partial charge in [-0.05, 0) is 52.2 Å². The van der Waals surface area contributed by atoms with Gasteiger partial charge < -0.3 is 21.9 Å². The van der Waals surface area contributed by atoms with E-state index in [-0.39, 0.29) is 17.4 Å². The second-order valence-electron chi connectivity index (χ2n) is 6.53. The van der Waals surface area contributed by atoms with Crippen molar-refractivity contribution in [3.05, 3.63) is 65.7 Å². The molecular weight excluding hydrogens is 422 g/mol. The summed E-state index contributed by atoms with van der Waals surface area (Å²) in [6.45, 7) is 0. The first-order chi connectivity index (χ1) is 14.3. The van der Waals surface area contributed by atoms with E-state index in [4.69, 9.17) is 26.8 Å². The Balaban J connectivity index is 0.000000614. The van der Waals surface area contributed by atoms with E-state index in [9.17, 15) is 18.3 Å². The van der Waals surface area contributed by atoms with Crippen molar-refractivity contribution in [2.45, 2.75) is 0 Å². The molecule has 10 nitrogen and oxygen atoms in total. The Morgan fingerprint density at radius 2 is 1.55 bits per heavy atom. The average molecular weight is 443 g/mol. The number of hydrogen-bond acceptors (Lipinski definition) is 5. The van der Waals surface area contributed by atoms with Gasteiger partial charge in [0, 0.05) is 11.3 Å². The minimum Gasteiger partial charge on any atom is -0.478 e. The maximum atomic E-state index is 11.6. The molecule has 0 aromatic heterocycles. The van der Waals surface area contributed by atoms with Crippen molar-refractivity contribution >= 4 is 44.3 Å². The number of nitrogens with two attached hydrogens (primary N) is 2. The molecule has 9 N–H and O–H groups in total. The quantitative estimate of drug-likeness (QED) is 0.180. The fourth-order valence-electron chi connectivity index (χ4n) is 2.78. The van der Waals surface area contributed by atoms with Gasteiger partial charge in [-0.2, -0.15) is 8.42 Å². The Labute approximate surface area is 178 Å². The molecule has 0 aliphatic carbocycles. The van der Waals surface area contributed by atoms with Crippen LogP contribution in [0.4, 0.5) is 5.69 Å². The highest BCUT2D eigenvalue weighted by atomic mass is 32.2. The van der Waals surface area contributed by atoms with Crippen LogP contribution in [0, 0.1) is 10.8 Å². The molecule has 0 heterocycles. The van der Waals surface area contributed by atoms with Crippen molar-refractivity contribution in [2.75, 3.05) is 11.6 Å². The first kappa shape index (κ1) is 23.3. The number of aromatic carboxylic acids is 1. The molecule has 0 bridgehead atoms. The molecule has 0 unspecified atom stereocenters. The van der Waals surface area contributed by atoms with Crippen LogP contribution in [0.3, 0.4) is 0 Å². The van der Waals surface area contributed by atoms with Crippen LogP contribution in [-0.2, 0) is 10.1 Å². The zero-order valence-electron chi connectivity index (χ0n) is 16.4. The monoisotopic (exact) mass is 443 g/mol. The smallest absolute Gasteiger partial charge is 0.336 e. The Morgan fingerprint density at radius 1 is 0.968 bits per heavy atom. The average Bonchev–Trinajstić information content (AvgIpc) is 2.65. The minimum absolute atomic E-state index is 0.00727. The van der Waals surface area contributed by atoms with Crippen LogP contribution in [0.5, 0.6) is 0 Å². The molecule has 0 saturated heterocycles. The zero-order valence-corrected chi connectivity index (χ0v) is 17.2. The third kappa shape index (κ3) is 6.80. The molecule has 162 valence electrons. The standard InChI is InChI=1S/C19H17N5O2.CH4O3S/c20-17(21)13-4-2-10-7-12(3-1-11(10)8-13)16-9-14(24-19(22)23)5-6-15(16)18(25)26;1-5(2,3)4/h1-9H,(H3,20,21)(H,25,26)(H4,22,23,24);1H3,(H,2,3,4). The number of nitrogens with one attached hydrogen (secondary N) is 3. The maximum absolute atomic E-state index is 11.6. The Kier molecular flexibility index (Phi) is 6.95. The Hall–Kier alpha value is -3.96. The van der Waals surface area contributed by atoms with Gasteiger partial charge in [0.1, 0.15) is 5.84 Å². The number of fused-ring (bicyclic) bond motifs is 1. The van der Waals surface area contributed by atoms with E-state index in [1.54, 1.807) is 18.2 Å². The lowest BCUT2D eigenvalue weighted by atomic mass is 9.96. The number of hydrogen-bond donors (Lipinski definition) is 7. The van der Waals surface area contributed by atoms with E-state index in [1.165, 1.54) is 6.07 Å². The van der Waals surface area contributed by atoms with Crippen molar-refractivity contribution in [3.63, 3.8) is 0 Å². The number of anilines is 1. The predicted molar refractivity (Wildman–Crippen MR) is 120 cm³/mol. The second kappa shape index (κ2) is 9.24. The normalized spacial score (nSPS) is 10.6. The summed E-state index contributed by atoms with van der Waals surface area (Å²) in [4.78, 5) is 11.6. The van der Waals surface area contributed by atoms with Gasteiger partial charge in [0.05, 0.1) is 11.8 Å². The van der Waals surface area contributed by atoms with Gasteiger partial charge in [-0.1, -0.05) is 24.3 Å². The second-order valence-corrected chi connectivity index (χ2v) is 7.99. The topological polar surface area (TPSA) is 203 Å². The number of nitrogen functional groups attached to an aromatic ring is 1.